The smallest absolute Gasteiger partial charge is 0.236 e. The van der Waals surface area contributed by atoms with Crippen molar-refractivity contribution >= 4 is 16.9 Å². The third-order valence-electron chi connectivity index (χ3n) is 5.76. The van der Waals surface area contributed by atoms with Gasteiger partial charge in [0.25, 0.3) is 0 Å². The Morgan fingerprint density at radius 2 is 1.89 bits per heavy atom. The zero-order valence-electron chi connectivity index (χ0n) is 16.4. The Balaban J connectivity index is 1.25. The number of likely N-dealkylation sites (tertiary alicyclic amines) is 1. The second kappa shape index (κ2) is 7.98. The number of hydrogen-bond donors (Lipinski definition) is 1. The van der Waals surface area contributed by atoms with Gasteiger partial charge in [-0.1, -0.05) is 12.1 Å². The SMILES string of the molecule is CC1CN(C(=O)CN2CCC(Cc3nc4ccccc4[nH]3)CC2)CC(C)O1. The maximum atomic E-state index is 12.6. The number of aromatic nitrogens is 2. The van der Waals surface area contributed by atoms with Crippen molar-refractivity contribution in [2.24, 2.45) is 5.92 Å². The van der Waals surface area contributed by atoms with E-state index in [1.165, 1.54) is 0 Å². The van der Waals surface area contributed by atoms with Crippen LogP contribution in [0.15, 0.2) is 24.3 Å². The molecule has 0 saturated carbocycles. The van der Waals surface area contributed by atoms with Gasteiger partial charge < -0.3 is 14.6 Å². The van der Waals surface area contributed by atoms with Crippen molar-refractivity contribution in [3.05, 3.63) is 30.1 Å². The van der Waals surface area contributed by atoms with Crippen LogP contribution in [0.3, 0.4) is 0 Å². The Bertz CT molecular complexity index is 738. The van der Waals surface area contributed by atoms with Crippen LogP contribution in [-0.4, -0.2) is 70.6 Å². The highest BCUT2D eigenvalue weighted by molar-refractivity contribution is 5.78. The van der Waals surface area contributed by atoms with E-state index >= 15 is 0 Å². The van der Waals surface area contributed by atoms with Crippen molar-refractivity contribution < 1.29 is 9.53 Å². The quantitative estimate of drug-likeness (QED) is 0.898. The van der Waals surface area contributed by atoms with Crippen LogP contribution in [0.2, 0.25) is 0 Å². The van der Waals surface area contributed by atoms with Gasteiger partial charge in [-0.3, -0.25) is 9.69 Å². The molecule has 27 heavy (non-hydrogen) atoms. The lowest BCUT2D eigenvalue weighted by atomic mass is 9.93. The van der Waals surface area contributed by atoms with Gasteiger partial charge in [0.15, 0.2) is 0 Å². The summed E-state index contributed by atoms with van der Waals surface area (Å²) in [5.41, 5.74) is 2.16. The van der Waals surface area contributed by atoms with E-state index in [1.807, 2.05) is 30.9 Å². The molecule has 0 bridgehead atoms. The molecule has 2 aliphatic rings. The molecule has 146 valence electrons. The number of aromatic amines is 1. The van der Waals surface area contributed by atoms with Gasteiger partial charge in [-0.05, 0) is 57.8 Å². The third kappa shape index (κ3) is 4.50. The second-order valence-electron chi connectivity index (χ2n) is 8.18. The van der Waals surface area contributed by atoms with Crippen LogP contribution in [0, 0.1) is 5.92 Å². The largest absolute Gasteiger partial charge is 0.372 e. The topological polar surface area (TPSA) is 61.5 Å². The van der Waals surface area contributed by atoms with Gasteiger partial charge in [-0.15, -0.1) is 0 Å². The number of amides is 1. The van der Waals surface area contributed by atoms with Crippen LogP contribution in [0.1, 0.15) is 32.5 Å². The number of benzene rings is 1. The number of imidazole rings is 1. The summed E-state index contributed by atoms with van der Waals surface area (Å²) in [5, 5.41) is 0. The van der Waals surface area contributed by atoms with E-state index in [4.69, 9.17) is 9.72 Å². The number of rotatable bonds is 4. The molecular formula is C21H30N4O2. The summed E-state index contributed by atoms with van der Waals surface area (Å²) in [6.45, 7) is 8.03. The number of fused-ring (bicyclic) bond motifs is 1. The lowest BCUT2D eigenvalue weighted by Crippen LogP contribution is -2.51. The highest BCUT2D eigenvalue weighted by Crippen LogP contribution is 2.22. The summed E-state index contributed by atoms with van der Waals surface area (Å²) < 4.78 is 5.73. The molecule has 4 rings (SSSR count). The lowest BCUT2D eigenvalue weighted by molar-refractivity contribution is -0.144. The fourth-order valence-electron chi connectivity index (χ4n) is 4.40. The molecule has 2 atom stereocenters. The van der Waals surface area contributed by atoms with Crippen LogP contribution < -0.4 is 0 Å². The van der Waals surface area contributed by atoms with Gasteiger partial charge in [0.05, 0.1) is 29.8 Å². The number of carbonyl (C=O) groups excluding carboxylic acids is 1. The third-order valence-corrected chi connectivity index (χ3v) is 5.76. The summed E-state index contributed by atoms with van der Waals surface area (Å²) in [6, 6.07) is 8.19. The van der Waals surface area contributed by atoms with Gasteiger partial charge in [0.1, 0.15) is 5.82 Å². The number of H-pyrrole nitrogens is 1. The zero-order chi connectivity index (χ0) is 18.8. The summed E-state index contributed by atoms with van der Waals surface area (Å²) in [6.07, 6.45) is 3.51. The van der Waals surface area contributed by atoms with Crippen LogP contribution in [0.4, 0.5) is 0 Å². The van der Waals surface area contributed by atoms with E-state index in [1.54, 1.807) is 0 Å². The van der Waals surface area contributed by atoms with E-state index in [-0.39, 0.29) is 18.1 Å². The van der Waals surface area contributed by atoms with E-state index < -0.39 is 0 Å². The molecule has 0 radical (unpaired) electrons. The van der Waals surface area contributed by atoms with Gasteiger partial charge >= 0.3 is 0 Å². The summed E-state index contributed by atoms with van der Waals surface area (Å²) >= 11 is 0. The van der Waals surface area contributed by atoms with E-state index in [9.17, 15) is 4.79 Å². The van der Waals surface area contributed by atoms with Crippen LogP contribution >= 0.6 is 0 Å². The highest BCUT2D eigenvalue weighted by atomic mass is 16.5. The van der Waals surface area contributed by atoms with Crippen LogP contribution in [-0.2, 0) is 16.0 Å². The molecule has 2 fully saturated rings. The predicted octanol–water partition coefficient (Wildman–Crippen LogP) is 2.45. The van der Waals surface area contributed by atoms with Crippen LogP contribution in [0.5, 0.6) is 0 Å². The normalized spacial score (nSPS) is 25.2. The molecule has 1 N–H and O–H groups in total. The van der Waals surface area contributed by atoms with Crippen molar-refractivity contribution in [2.45, 2.75) is 45.3 Å². The molecule has 0 aliphatic carbocycles. The monoisotopic (exact) mass is 370 g/mol. The summed E-state index contributed by atoms with van der Waals surface area (Å²) in [4.78, 5) is 25.1. The fraction of sp³-hybridized carbons (Fsp3) is 0.619. The van der Waals surface area contributed by atoms with Gasteiger partial charge in [0.2, 0.25) is 5.91 Å². The zero-order valence-corrected chi connectivity index (χ0v) is 16.4. The number of para-hydroxylation sites is 2. The number of morpholine rings is 1. The number of hydrogen-bond acceptors (Lipinski definition) is 4. The van der Waals surface area contributed by atoms with Gasteiger partial charge in [-0.2, -0.15) is 0 Å². The predicted molar refractivity (Wildman–Crippen MR) is 106 cm³/mol. The summed E-state index contributed by atoms with van der Waals surface area (Å²) in [5.74, 6) is 1.97. The second-order valence-corrected chi connectivity index (χ2v) is 8.18. The first-order valence-corrected chi connectivity index (χ1v) is 10.2. The number of nitrogens with zero attached hydrogens (tertiary/aromatic N) is 3. The Kier molecular flexibility index (Phi) is 5.45. The molecular weight excluding hydrogens is 340 g/mol. The molecule has 1 amide bonds. The number of ether oxygens (including phenoxy) is 1. The Hall–Kier alpha value is -1.92. The minimum atomic E-state index is 0.132. The molecule has 1 aromatic carbocycles. The molecule has 6 heteroatoms. The van der Waals surface area contributed by atoms with Gasteiger partial charge in [-0.25, -0.2) is 4.98 Å². The fourth-order valence-corrected chi connectivity index (χ4v) is 4.40. The molecule has 3 heterocycles. The van der Waals surface area contributed by atoms with Crippen molar-refractivity contribution in [1.82, 2.24) is 19.8 Å². The molecule has 0 spiro atoms. The molecule has 2 aromatic rings. The molecule has 2 aliphatic heterocycles. The Morgan fingerprint density at radius 3 is 2.59 bits per heavy atom. The first-order chi connectivity index (χ1) is 13.1. The average Bonchev–Trinajstić information content (AvgIpc) is 3.05. The summed E-state index contributed by atoms with van der Waals surface area (Å²) in [7, 11) is 0. The van der Waals surface area contributed by atoms with Crippen molar-refractivity contribution in [1.29, 1.82) is 0 Å². The maximum Gasteiger partial charge on any atom is 0.236 e. The van der Waals surface area contributed by atoms with E-state index in [0.29, 0.717) is 25.6 Å². The van der Waals surface area contributed by atoms with Gasteiger partial charge in [0, 0.05) is 19.5 Å². The first kappa shape index (κ1) is 18.4. The number of carbonyl (C=O) groups is 1. The minimum Gasteiger partial charge on any atom is -0.372 e. The molecule has 2 unspecified atom stereocenters. The Labute approximate surface area is 160 Å². The average molecular weight is 370 g/mol. The molecule has 1 aromatic heterocycles. The first-order valence-electron chi connectivity index (χ1n) is 10.2. The lowest BCUT2D eigenvalue weighted by Gasteiger charge is -2.37. The van der Waals surface area contributed by atoms with Crippen molar-refractivity contribution in [3.8, 4) is 0 Å². The minimum absolute atomic E-state index is 0.132. The van der Waals surface area contributed by atoms with E-state index in [0.717, 1.165) is 49.2 Å². The van der Waals surface area contributed by atoms with Crippen molar-refractivity contribution in [2.75, 3.05) is 32.7 Å². The highest BCUT2D eigenvalue weighted by Gasteiger charge is 2.28. The maximum absolute atomic E-state index is 12.6. The standard InChI is InChI=1S/C21H30N4O2/c1-15-12-25(13-16(2)27-15)21(26)14-24-9-7-17(8-10-24)11-20-22-18-5-3-4-6-19(18)23-20/h3-6,15-17H,7-14H2,1-2H3,(H,22,23). The Morgan fingerprint density at radius 1 is 1.19 bits per heavy atom. The van der Waals surface area contributed by atoms with Crippen LogP contribution in [0.25, 0.3) is 11.0 Å². The van der Waals surface area contributed by atoms with E-state index in [2.05, 4.69) is 22.0 Å². The number of piperidine rings is 1. The number of nitrogens with one attached hydrogen (secondary N) is 1. The molecule has 6 nitrogen and oxygen atoms in total. The van der Waals surface area contributed by atoms with Crippen molar-refractivity contribution in [3.63, 3.8) is 0 Å². The molecule has 2 saturated heterocycles.